The van der Waals surface area contributed by atoms with Crippen LogP contribution in [0, 0.1) is 11.3 Å². The van der Waals surface area contributed by atoms with E-state index in [4.69, 9.17) is 8.83 Å². The minimum absolute atomic E-state index is 0.0203. The molecule has 0 aliphatic carbocycles. The molecule has 2 heterocycles. The lowest BCUT2D eigenvalue weighted by Gasteiger charge is -2.03. The summed E-state index contributed by atoms with van der Waals surface area (Å²) in [6, 6.07) is 25.4. The molecule has 0 atom stereocenters. The molecule has 5 aromatic rings. The number of nitrogens with one attached hydrogen (secondary N) is 1. The van der Waals surface area contributed by atoms with Gasteiger partial charge in [0.15, 0.2) is 15.4 Å². The number of hydrogen-bond acceptors (Lipinski definition) is 8. The number of nitriles is 1. The van der Waals surface area contributed by atoms with Crippen molar-refractivity contribution in [1.82, 2.24) is 4.98 Å². The van der Waals surface area contributed by atoms with E-state index in [1.807, 2.05) is 60.7 Å². The molecule has 0 aliphatic rings. The summed E-state index contributed by atoms with van der Waals surface area (Å²) in [5.41, 5.74) is 3.19. The van der Waals surface area contributed by atoms with Gasteiger partial charge in [0.25, 0.3) is 5.22 Å². The summed E-state index contributed by atoms with van der Waals surface area (Å²) in [5.74, 6) is 0.0276. The van der Waals surface area contributed by atoms with E-state index >= 15 is 0 Å². The van der Waals surface area contributed by atoms with Crippen LogP contribution in [0.25, 0.3) is 33.6 Å². The molecule has 0 saturated carbocycles. The number of carbonyl (C=O) groups excluding carboxylic acids is 1. The third kappa shape index (κ3) is 5.07. The van der Waals surface area contributed by atoms with Gasteiger partial charge in [-0.3, -0.25) is 10.1 Å². The van der Waals surface area contributed by atoms with Crippen LogP contribution in [-0.4, -0.2) is 30.8 Å². The molecule has 1 N–H and O–H groups in total. The maximum absolute atomic E-state index is 12.8. The number of furan rings is 1. The number of nitrogens with zero attached hydrogens (tertiary/aromatic N) is 2. The molecule has 38 heavy (non-hydrogen) atoms. The van der Waals surface area contributed by atoms with Crippen LogP contribution in [0.15, 0.2) is 97.8 Å². The highest BCUT2D eigenvalue weighted by molar-refractivity contribution is 7.99. The maximum atomic E-state index is 12.8. The van der Waals surface area contributed by atoms with Gasteiger partial charge in [0, 0.05) is 11.1 Å². The summed E-state index contributed by atoms with van der Waals surface area (Å²) in [5, 5.41) is 12.9. The lowest BCUT2D eigenvalue weighted by atomic mass is 9.98. The normalized spacial score (nSPS) is 11.4. The van der Waals surface area contributed by atoms with Crippen LogP contribution in [0.2, 0.25) is 0 Å². The SMILES string of the molecule is CCS(=O)(=O)c1ccc2oc(SCC(=O)Nc3oc(-c4ccccc4)c(-c4ccccc4)c3C#N)nc2c1. The molecule has 0 fully saturated rings. The third-order valence-corrected chi connectivity index (χ3v) is 8.34. The van der Waals surface area contributed by atoms with Gasteiger partial charge in [0.1, 0.15) is 22.9 Å². The van der Waals surface area contributed by atoms with Gasteiger partial charge in [0.2, 0.25) is 11.8 Å². The Hall–Kier alpha value is -4.33. The molecule has 10 heteroatoms. The number of sulfone groups is 1. The number of anilines is 1. The molecule has 0 bridgehead atoms. The third-order valence-electron chi connectivity index (χ3n) is 5.78. The zero-order valence-electron chi connectivity index (χ0n) is 20.2. The molecular weight excluding hydrogens is 522 g/mol. The monoisotopic (exact) mass is 543 g/mol. The van der Waals surface area contributed by atoms with E-state index in [0.717, 1.165) is 22.9 Å². The summed E-state index contributed by atoms with van der Waals surface area (Å²) in [4.78, 5) is 17.3. The second-order valence-electron chi connectivity index (χ2n) is 8.20. The Bertz CT molecular complexity index is 1770. The van der Waals surface area contributed by atoms with Crippen LogP contribution in [0.4, 0.5) is 5.88 Å². The van der Waals surface area contributed by atoms with Gasteiger partial charge in [-0.1, -0.05) is 79.3 Å². The molecule has 190 valence electrons. The fourth-order valence-corrected chi connectivity index (χ4v) is 5.44. The average molecular weight is 544 g/mol. The van der Waals surface area contributed by atoms with E-state index in [-0.39, 0.29) is 33.1 Å². The molecule has 0 aliphatic heterocycles. The maximum Gasteiger partial charge on any atom is 0.257 e. The topological polar surface area (TPSA) is 126 Å². The van der Waals surface area contributed by atoms with E-state index in [0.29, 0.717) is 22.4 Å². The number of carbonyl (C=O) groups is 1. The lowest BCUT2D eigenvalue weighted by molar-refractivity contribution is -0.113. The molecule has 0 spiro atoms. The molecular formula is C28H21N3O5S2. The highest BCUT2D eigenvalue weighted by Gasteiger charge is 2.24. The van der Waals surface area contributed by atoms with Crippen molar-refractivity contribution in [2.24, 2.45) is 0 Å². The van der Waals surface area contributed by atoms with E-state index in [1.165, 1.54) is 12.1 Å². The van der Waals surface area contributed by atoms with Crippen molar-refractivity contribution >= 4 is 44.5 Å². The van der Waals surface area contributed by atoms with Gasteiger partial charge in [-0.2, -0.15) is 5.26 Å². The van der Waals surface area contributed by atoms with Gasteiger partial charge in [-0.25, -0.2) is 13.4 Å². The Kier molecular flexibility index (Phi) is 7.05. The zero-order chi connectivity index (χ0) is 26.7. The highest BCUT2D eigenvalue weighted by atomic mass is 32.2. The predicted molar refractivity (Wildman–Crippen MR) is 145 cm³/mol. The van der Waals surface area contributed by atoms with E-state index in [2.05, 4.69) is 16.4 Å². The minimum Gasteiger partial charge on any atom is -0.438 e. The van der Waals surface area contributed by atoms with Gasteiger partial charge < -0.3 is 8.83 Å². The molecule has 0 unspecified atom stereocenters. The number of thioether (sulfide) groups is 1. The van der Waals surface area contributed by atoms with Crippen molar-refractivity contribution in [3.05, 3.63) is 84.4 Å². The van der Waals surface area contributed by atoms with Gasteiger partial charge in [-0.15, -0.1) is 0 Å². The molecule has 0 radical (unpaired) electrons. The standard InChI is InChI=1S/C28H21N3O5S2/c1-2-38(33,34)20-13-14-23-22(15-20)30-28(35-23)37-17-24(32)31-27-21(16-29)25(18-9-5-3-6-10-18)26(36-27)19-11-7-4-8-12-19/h3-15H,2,17H2,1H3,(H,31,32). The summed E-state index contributed by atoms with van der Waals surface area (Å²) in [6.07, 6.45) is 0. The predicted octanol–water partition coefficient (Wildman–Crippen LogP) is 6.15. The van der Waals surface area contributed by atoms with E-state index < -0.39 is 15.7 Å². The number of fused-ring (bicyclic) bond motifs is 1. The van der Waals surface area contributed by atoms with Crippen LogP contribution in [0.1, 0.15) is 12.5 Å². The number of oxazole rings is 1. The summed E-state index contributed by atoms with van der Waals surface area (Å²) < 4.78 is 36.0. The number of amides is 1. The molecule has 3 aromatic carbocycles. The number of aromatic nitrogens is 1. The van der Waals surface area contributed by atoms with Crippen LogP contribution < -0.4 is 5.32 Å². The minimum atomic E-state index is -3.38. The quantitative estimate of drug-likeness (QED) is 0.231. The molecule has 1 amide bonds. The largest absolute Gasteiger partial charge is 0.438 e. The van der Waals surface area contributed by atoms with Crippen LogP contribution in [0.3, 0.4) is 0 Å². The van der Waals surface area contributed by atoms with Gasteiger partial charge >= 0.3 is 0 Å². The second kappa shape index (κ2) is 10.6. The molecule has 2 aromatic heterocycles. The van der Waals surface area contributed by atoms with Crippen molar-refractivity contribution in [2.75, 3.05) is 16.8 Å². The second-order valence-corrected chi connectivity index (χ2v) is 11.4. The van der Waals surface area contributed by atoms with E-state index in [9.17, 15) is 18.5 Å². The first kappa shape index (κ1) is 25.3. The summed E-state index contributed by atoms with van der Waals surface area (Å²) >= 11 is 1.05. The van der Waals surface area contributed by atoms with Crippen LogP contribution in [-0.2, 0) is 14.6 Å². The Balaban J connectivity index is 1.38. The van der Waals surface area contributed by atoms with Crippen molar-refractivity contribution < 1.29 is 22.0 Å². The first-order valence-electron chi connectivity index (χ1n) is 11.6. The Labute approximate surface area is 223 Å². The van der Waals surface area contributed by atoms with Crippen LogP contribution >= 0.6 is 11.8 Å². The molecule has 8 nitrogen and oxygen atoms in total. The summed E-state index contributed by atoms with van der Waals surface area (Å²) in [6.45, 7) is 1.57. The number of hydrogen-bond donors (Lipinski definition) is 1. The first-order chi connectivity index (χ1) is 18.4. The Morgan fingerprint density at radius 2 is 1.68 bits per heavy atom. The molecule has 0 saturated heterocycles. The smallest absolute Gasteiger partial charge is 0.257 e. The first-order valence-corrected chi connectivity index (χ1v) is 14.3. The van der Waals surface area contributed by atoms with Crippen LogP contribution in [0.5, 0.6) is 0 Å². The fourth-order valence-electron chi connectivity index (χ4n) is 3.90. The number of benzene rings is 3. The fraction of sp³-hybridized carbons (Fsp3) is 0.107. The van der Waals surface area contributed by atoms with Gasteiger partial charge in [0.05, 0.1) is 16.4 Å². The summed E-state index contributed by atoms with van der Waals surface area (Å²) in [7, 11) is -3.38. The Morgan fingerprint density at radius 3 is 2.34 bits per heavy atom. The Morgan fingerprint density at radius 1 is 1.00 bits per heavy atom. The molecule has 5 rings (SSSR count). The van der Waals surface area contributed by atoms with E-state index in [1.54, 1.807) is 13.0 Å². The number of rotatable bonds is 8. The highest BCUT2D eigenvalue weighted by Crippen LogP contribution is 2.41. The van der Waals surface area contributed by atoms with Gasteiger partial charge in [-0.05, 0) is 23.8 Å². The van der Waals surface area contributed by atoms with Crippen molar-refractivity contribution in [3.8, 4) is 28.5 Å². The lowest BCUT2D eigenvalue weighted by Crippen LogP contribution is -2.14. The van der Waals surface area contributed by atoms with Crippen molar-refractivity contribution in [2.45, 2.75) is 17.0 Å². The zero-order valence-corrected chi connectivity index (χ0v) is 21.8. The van der Waals surface area contributed by atoms with Crippen molar-refractivity contribution in [3.63, 3.8) is 0 Å². The van der Waals surface area contributed by atoms with Crippen molar-refractivity contribution in [1.29, 1.82) is 5.26 Å². The average Bonchev–Trinajstić information content (AvgIpc) is 3.53.